The number of benzene rings is 1. The molecule has 0 spiro atoms. The molecule has 2 rings (SSSR count). The molecule has 1 amide bonds. The zero-order chi connectivity index (χ0) is 14.8. The van der Waals surface area contributed by atoms with Crippen LogP contribution >= 0.6 is 11.6 Å². The van der Waals surface area contributed by atoms with Gasteiger partial charge in [-0.3, -0.25) is 4.79 Å². The normalized spacial score (nSPS) is 21.1. The quantitative estimate of drug-likeness (QED) is 0.474. The third kappa shape index (κ3) is 2.68. The third-order valence-corrected chi connectivity index (χ3v) is 3.98. The fraction of sp³-hybridized carbons (Fsp3) is 0.438. The Morgan fingerprint density at radius 3 is 2.55 bits per heavy atom. The number of hydrogen-bond acceptors (Lipinski definition) is 2. The number of allylic oxidation sites excluding steroid dienone is 1. The molecule has 1 aromatic rings. The number of rotatable bonds is 5. The second-order valence-electron chi connectivity index (χ2n) is 5.53. The average Bonchev–Trinajstić information content (AvgIpc) is 2.46. The van der Waals surface area contributed by atoms with Gasteiger partial charge < -0.3 is 9.64 Å². The molecule has 0 saturated carbocycles. The topological polar surface area (TPSA) is 29.5 Å². The molecule has 1 aliphatic rings. The standard InChI is InChI=1S/C16H20ClNO2/c1-16(2)14(5-4-10-17)18(15(16)19)11-12-6-8-13(20-3)9-7-12/h4-9,14H,10-11H2,1-3H3/b5-4+. The summed E-state index contributed by atoms with van der Waals surface area (Å²) in [6.07, 6.45) is 3.93. The number of hydrogen-bond donors (Lipinski definition) is 0. The Labute approximate surface area is 125 Å². The smallest absolute Gasteiger partial charge is 0.231 e. The minimum absolute atomic E-state index is 0.107. The van der Waals surface area contributed by atoms with E-state index < -0.39 is 0 Å². The molecule has 0 N–H and O–H groups in total. The summed E-state index contributed by atoms with van der Waals surface area (Å²) in [5.41, 5.74) is 0.758. The summed E-state index contributed by atoms with van der Waals surface area (Å²) in [6.45, 7) is 4.57. The molecule has 3 nitrogen and oxygen atoms in total. The number of methoxy groups -OCH3 is 1. The van der Waals surface area contributed by atoms with Crippen molar-refractivity contribution in [3.63, 3.8) is 0 Å². The van der Waals surface area contributed by atoms with Crippen LogP contribution < -0.4 is 4.74 Å². The molecule has 1 aromatic carbocycles. The van der Waals surface area contributed by atoms with Gasteiger partial charge in [-0.15, -0.1) is 11.6 Å². The fourth-order valence-corrected chi connectivity index (χ4v) is 2.67. The van der Waals surface area contributed by atoms with Gasteiger partial charge in [0.2, 0.25) is 5.91 Å². The van der Waals surface area contributed by atoms with Gasteiger partial charge in [0.1, 0.15) is 5.75 Å². The maximum atomic E-state index is 12.2. The second kappa shape index (κ2) is 5.88. The Bertz CT molecular complexity index is 508. The Morgan fingerprint density at radius 1 is 1.35 bits per heavy atom. The SMILES string of the molecule is COc1ccc(CN2C(=O)C(C)(C)C2/C=C/CCl)cc1. The van der Waals surface area contributed by atoms with Crippen molar-refractivity contribution in [2.75, 3.05) is 13.0 Å². The molecule has 0 aliphatic carbocycles. The second-order valence-corrected chi connectivity index (χ2v) is 5.84. The third-order valence-electron chi connectivity index (χ3n) is 3.81. The van der Waals surface area contributed by atoms with Crippen molar-refractivity contribution >= 4 is 17.5 Å². The minimum Gasteiger partial charge on any atom is -0.497 e. The molecule has 20 heavy (non-hydrogen) atoms. The summed E-state index contributed by atoms with van der Waals surface area (Å²) in [5, 5.41) is 0. The van der Waals surface area contributed by atoms with E-state index in [-0.39, 0.29) is 17.4 Å². The Morgan fingerprint density at radius 2 is 2.00 bits per heavy atom. The van der Waals surface area contributed by atoms with E-state index in [9.17, 15) is 4.79 Å². The number of likely N-dealkylation sites (tertiary alicyclic amines) is 1. The molecule has 1 atom stereocenters. The lowest BCUT2D eigenvalue weighted by Gasteiger charge is -2.52. The summed E-state index contributed by atoms with van der Waals surface area (Å²) in [5.74, 6) is 1.47. The van der Waals surface area contributed by atoms with Gasteiger partial charge >= 0.3 is 0 Å². The van der Waals surface area contributed by atoms with Crippen LogP contribution in [0.25, 0.3) is 0 Å². The van der Waals surface area contributed by atoms with E-state index in [4.69, 9.17) is 16.3 Å². The Kier molecular flexibility index (Phi) is 4.39. The van der Waals surface area contributed by atoms with E-state index in [2.05, 4.69) is 0 Å². The van der Waals surface area contributed by atoms with Crippen LogP contribution in [0, 0.1) is 5.41 Å². The summed E-state index contributed by atoms with van der Waals surface area (Å²) >= 11 is 5.69. The van der Waals surface area contributed by atoms with Crippen LogP contribution in [0.1, 0.15) is 19.4 Å². The largest absolute Gasteiger partial charge is 0.497 e. The lowest BCUT2D eigenvalue weighted by Crippen LogP contribution is -2.65. The number of nitrogens with zero attached hydrogens (tertiary/aromatic N) is 1. The molecule has 108 valence electrons. The highest BCUT2D eigenvalue weighted by atomic mass is 35.5. The van der Waals surface area contributed by atoms with E-state index in [1.165, 1.54) is 0 Å². The molecular formula is C16H20ClNO2. The van der Waals surface area contributed by atoms with Crippen molar-refractivity contribution in [3.05, 3.63) is 42.0 Å². The van der Waals surface area contributed by atoms with Crippen LogP contribution in [-0.2, 0) is 11.3 Å². The molecule has 1 saturated heterocycles. The maximum absolute atomic E-state index is 12.2. The molecule has 1 heterocycles. The number of ether oxygens (including phenoxy) is 1. The average molecular weight is 294 g/mol. The van der Waals surface area contributed by atoms with Gasteiger partial charge in [0.25, 0.3) is 0 Å². The van der Waals surface area contributed by atoms with Crippen molar-refractivity contribution in [2.45, 2.75) is 26.4 Å². The van der Waals surface area contributed by atoms with Gasteiger partial charge in [0.15, 0.2) is 0 Å². The van der Waals surface area contributed by atoms with E-state index in [0.29, 0.717) is 12.4 Å². The lowest BCUT2D eigenvalue weighted by molar-refractivity contribution is -0.164. The highest BCUT2D eigenvalue weighted by Gasteiger charge is 2.52. The molecular weight excluding hydrogens is 274 g/mol. The Balaban J connectivity index is 2.10. The molecule has 0 aromatic heterocycles. The van der Waals surface area contributed by atoms with Crippen molar-refractivity contribution in [1.82, 2.24) is 4.90 Å². The predicted molar refractivity (Wildman–Crippen MR) is 81.0 cm³/mol. The fourth-order valence-electron chi connectivity index (χ4n) is 2.57. The highest BCUT2D eigenvalue weighted by molar-refractivity contribution is 6.18. The van der Waals surface area contributed by atoms with E-state index in [1.807, 2.05) is 55.2 Å². The molecule has 0 bridgehead atoms. The van der Waals surface area contributed by atoms with Gasteiger partial charge in [-0.1, -0.05) is 24.3 Å². The van der Waals surface area contributed by atoms with Crippen molar-refractivity contribution in [2.24, 2.45) is 5.41 Å². The van der Waals surface area contributed by atoms with Crippen LogP contribution in [0.3, 0.4) is 0 Å². The van der Waals surface area contributed by atoms with Crippen LogP contribution in [0.4, 0.5) is 0 Å². The number of carbonyl (C=O) groups is 1. The minimum atomic E-state index is -0.338. The monoisotopic (exact) mass is 293 g/mol. The highest BCUT2D eigenvalue weighted by Crippen LogP contribution is 2.40. The zero-order valence-corrected chi connectivity index (χ0v) is 12.9. The summed E-state index contributed by atoms with van der Waals surface area (Å²) in [6, 6.07) is 7.90. The van der Waals surface area contributed by atoms with Crippen molar-refractivity contribution < 1.29 is 9.53 Å². The van der Waals surface area contributed by atoms with E-state index >= 15 is 0 Å². The molecule has 1 fully saturated rings. The first kappa shape index (κ1) is 14.9. The van der Waals surface area contributed by atoms with Gasteiger partial charge in [-0.2, -0.15) is 0 Å². The van der Waals surface area contributed by atoms with Crippen molar-refractivity contribution in [3.8, 4) is 5.75 Å². The number of amides is 1. The van der Waals surface area contributed by atoms with Crippen molar-refractivity contribution in [1.29, 1.82) is 0 Å². The summed E-state index contributed by atoms with van der Waals surface area (Å²) in [7, 11) is 1.64. The first-order chi connectivity index (χ1) is 9.50. The number of carbonyl (C=O) groups excluding carboxylic acids is 1. The number of halogens is 1. The number of alkyl halides is 1. The van der Waals surface area contributed by atoms with Crippen LogP contribution in [0.2, 0.25) is 0 Å². The maximum Gasteiger partial charge on any atom is 0.231 e. The van der Waals surface area contributed by atoms with Gasteiger partial charge in [0.05, 0.1) is 18.6 Å². The first-order valence-corrected chi connectivity index (χ1v) is 7.20. The predicted octanol–water partition coefficient (Wildman–Crippen LogP) is 3.23. The van der Waals surface area contributed by atoms with E-state index in [0.717, 1.165) is 11.3 Å². The molecule has 1 unspecified atom stereocenters. The molecule has 4 heteroatoms. The summed E-state index contributed by atoms with van der Waals surface area (Å²) in [4.78, 5) is 14.1. The van der Waals surface area contributed by atoms with E-state index in [1.54, 1.807) is 7.11 Å². The molecule has 0 radical (unpaired) electrons. The summed E-state index contributed by atoms with van der Waals surface area (Å²) < 4.78 is 5.14. The van der Waals surface area contributed by atoms with Crippen LogP contribution in [0.5, 0.6) is 5.75 Å². The molecule has 1 aliphatic heterocycles. The van der Waals surface area contributed by atoms with Crippen LogP contribution in [-0.4, -0.2) is 29.8 Å². The number of β-lactam (4-membered cyclic amide) rings is 1. The Hall–Kier alpha value is -1.48. The first-order valence-electron chi connectivity index (χ1n) is 6.67. The lowest BCUT2D eigenvalue weighted by atomic mass is 9.73. The zero-order valence-electron chi connectivity index (χ0n) is 12.1. The van der Waals surface area contributed by atoms with Crippen LogP contribution in [0.15, 0.2) is 36.4 Å². The van der Waals surface area contributed by atoms with Gasteiger partial charge in [-0.25, -0.2) is 0 Å². The van der Waals surface area contributed by atoms with Gasteiger partial charge in [0, 0.05) is 12.4 Å². The van der Waals surface area contributed by atoms with Gasteiger partial charge in [-0.05, 0) is 31.5 Å².